The first-order valence-electron chi connectivity index (χ1n) is 16.2. The highest BCUT2D eigenvalue weighted by Gasteiger charge is 2.22. The van der Waals surface area contributed by atoms with Gasteiger partial charge in [-0.25, -0.2) is 25.6 Å². The lowest BCUT2D eigenvalue weighted by Crippen LogP contribution is -2.29. The minimum absolute atomic E-state index is 0.0192. The third kappa shape index (κ3) is 13.7. The number of phenolic OH excluding ortho intramolecular Hbond substituents is 1. The molecule has 0 bridgehead atoms. The highest BCUT2D eigenvalue weighted by molar-refractivity contribution is 7.93. The van der Waals surface area contributed by atoms with Gasteiger partial charge in [0.1, 0.15) is 17.4 Å². The fraction of sp³-hybridized carbons (Fsp3) is 0. The van der Waals surface area contributed by atoms with Crippen molar-refractivity contribution >= 4 is 142 Å². The number of nitrogens with zero attached hydrogens (tertiary/aromatic N) is 1. The summed E-state index contributed by atoms with van der Waals surface area (Å²) < 4.78 is 85.9. The summed E-state index contributed by atoms with van der Waals surface area (Å²) in [7, 11) is -9.60. The Morgan fingerprint density at radius 2 is 1.06 bits per heavy atom. The predicted molar refractivity (Wildman–Crippen MR) is 238 cm³/mol. The molecular weight excluding hydrogens is 1030 g/mol. The number of ether oxygens (including phenoxy) is 1. The first kappa shape index (κ1) is 50.6. The molecule has 62 heavy (non-hydrogen) atoms. The molecule has 0 heterocycles. The Kier molecular flexibility index (Phi) is 17.6. The Bertz CT molecular complexity index is 2840. The van der Waals surface area contributed by atoms with Gasteiger partial charge in [-0.05, 0) is 84.3 Å². The quantitative estimate of drug-likeness (QED) is 0.0499. The number of non-ortho nitro benzene ring substituents is 1. The summed E-state index contributed by atoms with van der Waals surface area (Å²) in [5.74, 6) is -1.88. The maximum absolute atomic E-state index is 13.3. The van der Waals surface area contributed by atoms with Gasteiger partial charge in [-0.2, -0.15) is 0 Å². The summed E-state index contributed by atoms with van der Waals surface area (Å²) in [5.41, 5.74) is 0.258. The highest BCUT2D eigenvalue weighted by Crippen LogP contribution is 2.41. The van der Waals surface area contributed by atoms with Crippen LogP contribution < -0.4 is 19.6 Å². The second kappa shape index (κ2) is 21.6. The van der Waals surface area contributed by atoms with Gasteiger partial charge < -0.3 is 19.9 Å². The van der Waals surface area contributed by atoms with Crippen molar-refractivity contribution < 1.29 is 50.4 Å². The molecule has 6 rings (SSSR count). The van der Waals surface area contributed by atoms with Crippen LogP contribution in [0.4, 0.5) is 25.8 Å². The zero-order valence-corrected chi connectivity index (χ0v) is 37.8. The average Bonchev–Trinajstić information content (AvgIpc) is 3.18. The van der Waals surface area contributed by atoms with E-state index in [0.717, 1.165) is 54.6 Å². The van der Waals surface area contributed by atoms with E-state index in [1.54, 1.807) is 18.2 Å². The standard InChI is InChI=1S/C18H9Cl4FN2O5S.C12H7Cl3FNO3S.C6H6BClO2/c19-12-5-9(1-3-16(12)23)24-31(28,29)11-7-14(21)18(15(22)8-11)30-17-4-2-10(25(26)27)6-13(17)20;13-8-3-6(1-2-11(8)16)17-21(19,20)7-4-9(14)12(18)10(15)5-7;8-6-3-1-2-5(4-6)7(9)10/h1-8,24H;1-5,17-18H;1-4,9-10H. The van der Waals surface area contributed by atoms with Crippen LogP contribution in [0, 0.1) is 21.7 Å². The predicted octanol–water partition coefficient (Wildman–Crippen LogP) is 11.3. The number of phenols is 1. The SMILES string of the molecule is O=S(=O)(Nc1ccc(F)c(Cl)c1)c1cc(Cl)c(O)c(Cl)c1.O=[N+]([O-])c1ccc(Oc2c(Cl)cc(S(=O)(=O)Nc3ccc(F)c(Cl)c3)cc2Cl)c(Cl)c1.OB(O)c1cccc(Cl)c1. The van der Waals surface area contributed by atoms with Crippen LogP contribution in [0.15, 0.2) is 113 Å². The second-order valence-electron chi connectivity index (χ2n) is 11.8. The number of halogens is 10. The number of aromatic hydroxyl groups is 1. The van der Waals surface area contributed by atoms with Crippen molar-refractivity contribution in [2.75, 3.05) is 9.44 Å². The number of anilines is 2. The molecule has 6 aromatic rings. The van der Waals surface area contributed by atoms with Crippen LogP contribution >= 0.6 is 92.8 Å². The van der Waals surface area contributed by atoms with Gasteiger partial charge in [-0.1, -0.05) is 105 Å². The minimum atomic E-state index is -4.16. The summed E-state index contributed by atoms with van der Waals surface area (Å²) in [6.07, 6.45) is 0. The van der Waals surface area contributed by atoms with E-state index in [1.165, 1.54) is 30.3 Å². The first-order valence-corrected chi connectivity index (χ1v) is 22.2. The molecule has 0 aliphatic rings. The van der Waals surface area contributed by atoms with E-state index in [2.05, 4.69) is 9.44 Å². The fourth-order valence-corrected chi connectivity index (χ4v) is 8.78. The number of nitro benzene ring substituents is 1. The summed E-state index contributed by atoms with van der Waals surface area (Å²) >= 11 is 46.4. The first-order chi connectivity index (χ1) is 28.9. The van der Waals surface area contributed by atoms with E-state index in [-0.39, 0.29) is 73.5 Å². The number of hydrogen-bond donors (Lipinski definition) is 5. The zero-order valence-electron chi connectivity index (χ0n) is 30.1. The van der Waals surface area contributed by atoms with Gasteiger partial charge in [0.05, 0.1) is 61.2 Å². The van der Waals surface area contributed by atoms with E-state index in [9.17, 15) is 40.8 Å². The Morgan fingerprint density at radius 1 is 0.597 bits per heavy atom. The summed E-state index contributed by atoms with van der Waals surface area (Å²) in [6.45, 7) is 0. The van der Waals surface area contributed by atoms with Gasteiger partial charge in [0.15, 0.2) is 11.5 Å². The molecular formula is C36H22BCl8F2N3O10S2. The number of rotatable bonds is 10. The molecule has 0 spiro atoms. The molecule has 13 nitrogen and oxygen atoms in total. The molecule has 0 unspecified atom stereocenters. The summed E-state index contributed by atoms with van der Waals surface area (Å²) in [6, 6.07) is 20.8. The highest BCUT2D eigenvalue weighted by atomic mass is 35.5. The Morgan fingerprint density at radius 3 is 1.45 bits per heavy atom. The maximum Gasteiger partial charge on any atom is 0.488 e. The molecule has 326 valence electrons. The lowest BCUT2D eigenvalue weighted by atomic mass is 9.81. The van der Waals surface area contributed by atoms with Crippen LogP contribution in [0.1, 0.15) is 0 Å². The van der Waals surface area contributed by atoms with E-state index in [4.69, 9.17) is 108 Å². The van der Waals surface area contributed by atoms with Crippen molar-refractivity contribution in [2.24, 2.45) is 0 Å². The molecule has 0 aliphatic heterocycles. The van der Waals surface area contributed by atoms with Crippen molar-refractivity contribution in [1.29, 1.82) is 0 Å². The van der Waals surface area contributed by atoms with E-state index in [0.29, 0.717) is 10.5 Å². The van der Waals surface area contributed by atoms with E-state index >= 15 is 0 Å². The minimum Gasteiger partial charge on any atom is -0.505 e. The zero-order chi connectivity index (χ0) is 46.3. The van der Waals surface area contributed by atoms with Crippen LogP contribution in [-0.2, 0) is 20.0 Å². The third-order valence-electron chi connectivity index (χ3n) is 7.41. The van der Waals surface area contributed by atoms with Gasteiger partial charge in [-0.3, -0.25) is 19.6 Å². The van der Waals surface area contributed by atoms with Crippen LogP contribution in [0.2, 0.25) is 40.2 Å². The van der Waals surface area contributed by atoms with Crippen LogP contribution in [0.25, 0.3) is 0 Å². The number of nitrogens with one attached hydrogen (secondary N) is 2. The molecule has 0 saturated heterocycles. The van der Waals surface area contributed by atoms with E-state index in [1.807, 2.05) is 0 Å². The lowest BCUT2D eigenvalue weighted by Gasteiger charge is -2.14. The number of nitro groups is 1. The molecule has 5 N–H and O–H groups in total. The van der Waals surface area contributed by atoms with Gasteiger partial charge in [0.2, 0.25) is 0 Å². The van der Waals surface area contributed by atoms with Gasteiger partial charge in [0, 0.05) is 17.2 Å². The van der Waals surface area contributed by atoms with Crippen molar-refractivity contribution in [1.82, 2.24) is 0 Å². The van der Waals surface area contributed by atoms with Crippen molar-refractivity contribution in [3.63, 3.8) is 0 Å². The second-order valence-corrected chi connectivity index (χ2v) is 18.5. The molecule has 0 atom stereocenters. The van der Waals surface area contributed by atoms with Gasteiger partial charge in [0.25, 0.3) is 25.7 Å². The number of sulfonamides is 2. The molecule has 0 aromatic heterocycles. The largest absolute Gasteiger partial charge is 0.505 e. The van der Waals surface area contributed by atoms with Gasteiger partial charge >= 0.3 is 7.12 Å². The average molecular weight is 1050 g/mol. The molecule has 6 aromatic carbocycles. The van der Waals surface area contributed by atoms with Crippen LogP contribution in [0.5, 0.6) is 17.2 Å². The normalized spacial score (nSPS) is 11.0. The summed E-state index contributed by atoms with van der Waals surface area (Å²) in [4.78, 5) is 9.62. The molecule has 0 amide bonds. The van der Waals surface area contributed by atoms with E-state index < -0.39 is 49.5 Å². The number of benzene rings is 6. The van der Waals surface area contributed by atoms with Gasteiger partial charge in [-0.15, -0.1) is 0 Å². The molecule has 26 heteroatoms. The molecule has 0 saturated carbocycles. The molecule has 0 fully saturated rings. The summed E-state index contributed by atoms with van der Waals surface area (Å²) in [5, 5.41) is 36.7. The van der Waals surface area contributed by atoms with Crippen LogP contribution in [-0.4, -0.2) is 44.0 Å². The Balaban J connectivity index is 0.000000233. The monoisotopic (exact) mass is 1050 g/mol. The van der Waals surface area contributed by atoms with Crippen molar-refractivity contribution in [2.45, 2.75) is 9.79 Å². The third-order valence-corrected chi connectivity index (χ3v) is 12.4. The lowest BCUT2D eigenvalue weighted by molar-refractivity contribution is -0.384. The Hall–Kier alpha value is -4.02. The topological polar surface area (TPSA) is 205 Å². The van der Waals surface area contributed by atoms with Crippen molar-refractivity contribution in [3.8, 4) is 17.2 Å². The van der Waals surface area contributed by atoms with Crippen LogP contribution in [0.3, 0.4) is 0 Å². The fourth-order valence-electron chi connectivity index (χ4n) is 4.50. The van der Waals surface area contributed by atoms with Crippen molar-refractivity contribution in [3.05, 3.63) is 165 Å². The molecule has 0 aliphatic carbocycles. The smallest absolute Gasteiger partial charge is 0.488 e. The molecule has 0 radical (unpaired) electrons. The Labute approximate surface area is 391 Å². The number of hydrogen-bond acceptors (Lipinski definition) is 10. The maximum atomic E-state index is 13.3.